The third kappa shape index (κ3) is 3.07. The van der Waals surface area contributed by atoms with Crippen molar-refractivity contribution in [1.29, 1.82) is 0 Å². The zero-order chi connectivity index (χ0) is 26.0. The number of carbonyl (C=O) groups is 4. The summed E-state index contributed by atoms with van der Waals surface area (Å²) in [5.74, 6) is -3.97. The van der Waals surface area contributed by atoms with Crippen LogP contribution in [0.15, 0.2) is 77.2 Å². The first-order chi connectivity index (χ1) is 17.0. The molecule has 2 aromatic carbocycles. The van der Waals surface area contributed by atoms with Gasteiger partial charge in [0.05, 0.1) is 12.7 Å². The maximum atomic E-state index is 14.6. The lowest BCUT2D eigenvalue weighted by Crippen LogP contribution is -2.59. The summed E-state index contributed by atoms with van der Waals surface area (Å²) in [6.07, 6.45) is 0.455. The Morgan fingerprint density at radius 3 is 2.19 bits per heavy atom. The van der Waals surface area contributed by atoms with Gasteiger partial charge in [0.1, 0.15) is 5.57 Å². The number of benzene rings is 2. The molecule has 3 aliphatic rings. The maximum Gasteiger partial charge on any atom is 0.341 e. The molecule has 1 atom stereocenters. The predicted octanol–water partition coefficient (Wildman–Crippen LogP) is 3.76. The fraction of sp³-hybridized carbons (Fsp3) is 0.286. The van der Waals surface area contributed by atoms with Gasteiger partial charge in [-0.25, -0.2) is 4.79 Å². The SMILES string of the molecule is COC(=O)C1=C(O)C(=O)N(c2ccc(C)cc2)C12C(=O)N(c1ccccc1)C1=C2C(=O)CC(C)(C)C1. The van der Waals surface area contributed by atoms with Crippen molar-refractivity contribution in [3.63, 3.8) is 0 Å². The summed E-state index contributed by atoms with van der Waals surface area (Å²) in [5, 5.41) is 11.0. The van der Waals surface area contributed by atoms with E-state index in [1.54, 1.807) is 54.6 Å². The number of aliphatic hydroxyl groups is 1. The van der Waals surface area contributed by atoms with E-state index in [1.807, 2.05) is 20.8 Å². The zero-order valence-electron chi connectivity index (χ0n) is 20.5. The lowest BCUT2D eigenvalue weighted by atomic mass is 9.70. The molecule has 8 nitrogen and oxygen atoms in total. The molecule has 1 unspecified atom stereocenters. The lowest BCUT2D eigenvalue weighted by Gasteiger charge is -2.38. The molecule has 0 fully saturated rings. The van der Waals surface area contributed by atoms with Gasteiger partial charge in [-0.15, -0.1) is 0 Å². The summed E-state index contributed by atoms with van der Waals surface area (Å²) < 4.78 is 4.95. The van der Waals surface area contributed by atoms with Crippen molar-refractivity contribution in [2.24, 2.45) is 5.41 Å². The number of ether oxygens (including phenoxy) is 1. The predicted molar refractivity (Wildman–Crippen MR) is 132 cm³/mol. The number of Topliss-reactive ketones (excluding diaryl/α,β-unsaturated/α-hetero) is 1. The second-order valence-corrected chi connectivity index (χ2v) is 10.1. The van der Waals surface area contributed by atoms with Gasteiger partial charge in [-0.2, -0.15) is 0 Å². The quantitative estimate of drug-likeness (QED) is 0.663. The molecule has 5 rings (SSSR count). The van der Waals surface area contributed by atoms with E-state index in [1.165, 1.54) is 4.90 Å². The van der Waals surface area contributed by atoms with Crippen LogP contribution in [0.3, 0.4) is 0 Å². The number of allylic oxidation sites excluding steroid dienone is 1. The van der Waals surface area contributed by atoms with E-state index in [2.05, 4.69) is 0 Å². The number of rotatable bonds is 3. The normalized spacial score (nSPS) is 23.2. The van der Waals surface area contributed by atoms with Crippen molar-refractivity contribution < 1.29 is 29.0 Å². The van der Waals surface area contributed by atoms with Gasteiger partial charge in [0, 0.05) is 23.5 Å². The molecule has 1 aliphatic carbocycles. The van der Waals surface area contributed by atoms with Gasteiger partial charge < -0.3 is 9.84 Å². The molecule has 2 aromatic rings. The number of nitrogens with zero attached hydrogens (tertiary/aromatic N) is 2. The Hall–Kier alpha value is -4.20. The van der Waals surface area contributed by atoms with Crippen molar-refractivity contribution in [2.75, 3.05) is 16.9 Å². The van der Waals surface area contributed by atoms with E-state index in [-0.39, 0.29) is 23.5 Å². The number of methoxy groups -OCH3 is 1. The highest BCUT2D eigenvalue weighted by Crippen LogP contribution is 2.56. The Bertz CT molecular complexity index is 1390. The summed E-state index contributed by atoms with van der Waals surface area (Å²) in [7, 11) is 1.10. The number of carbonyl (C=O) groups excluding carboxylic acids is 4. The van der Waals surface area contributed by atoms with Crippen molar-refractivity contribution >= 4 is 34.9 Å². The molecular weight excluding hydrogens is 460 g/mol. The van der Waals surface area contributed by atoms with E-state index in [9.17, 15) is 24.3 Å². The first-order valence-electron chi connectivity index (χ1n) is 11.6. The van der Waals surface area contributed by atoms with Crippen molar-refractivity contribution in [2.45, 2.75) is 39.2 Å². The Morgan fingerprint density at radius 2 is 1.58 bits per heavy atom. The van der Waals surface area contributed by atoms with Crippen molar-refractivity contribution in [1.82, 2.24) is 0 Å². The molecule has 184 valence electrons. The smallest absolute Gasteiger partial charge is 0.341 e. The highest BCUT2D eigenvalue weighted by molar-refractivity contribution is 6.33. The Morgan fingerprint density at radius 1 is 0.944 bits per heavy atom. The molecule has 0 saturated carbocycles. The minimum absolute atomic E-state index is 0.0223. The molecule has 0 radical (unpaired) electrons. The molecule has 2 heterocycles. The number of ketones is 1. The molecule has 8 heteroatoms. The van der Waals surface area contributed by atoms with Crippen LogP contribution in [-0.2, 0) is 23.9 Å². The van der Waals surface area contributed by atoms with E-state index in [0.29, 0.717) is 17.8 Å². The van der Waals surface area contributed by atoms with Crippen LogP contribution in [0.1, 0.15) is 32.3 Å². The summed E-state index contributed by atoms with van der Waals surface area (Å²) in [6, 6.07) is 15.5. The van der Waals surface area contributed by atoms with E-state index in [4.69, 9.17) is 4.74 Å². The highest BCUT2D eigenvalue weighted by atomic mass is 16.5. The zero-order valence-corrected chi connectivity index (χ0v) is 20.5. The van der Waals surface area contributed by atoms with Crippen LogP contribution < -0.4 is 9.80 Å². The summed E-state index contributed by atoms with van der Waals surface area (Å²) in [5.41, 5.74) is -1.11. The molecule has 1 spiro atoms. The van der Waals surface area contributed by atoms with Crippen LogP contribution >= 0.6 is 0 Å². The fourth-order valence-electron chi connectivity index (χ4n) is 5.57. The van der Waals surface area contributed by atoms with Crippen LogP contribution in [0.4, 0.5) is 11.4 Å². The molecule has 2 amide bonds. The number of amides is 2. The van der Waals surface area contributed by atoms with Gasteiger partial charge in [-0.05, 0) is 43.0 Å². The number of esters is 1. The number of hydrogen-bond donors (Lipinski definition) is 1. The molecule has 0 bridgehead atoms. The third-order valence-electron chi connectivity index (χ3n) is 7.03. The van der Waals surface area contributed by atoms with Crippen molar-refractivity contribution in [3.8, 4) is 0 Å². The number of para-hydroxylation sites is 1. The number of aryl methyl sites for hydroxylation is 1. The minimum Gasteiger partial charge on any atom is -0.503 e. The molecule has 0 aromatic heterocycles. The Labute approximate surface area is 208 Å². The van der Waals surface area contributed by atoms with E-state index < -0.39 is 40.1 Å². The van der Waals surface area contributed by atoms with Gasteiger partial charge in [0.2, 0.25) is 0 Å². The molecule has 1 N–H and O–H groups in total. The third-order valence-corrected chi connectivity index (χ3v) is 7.03. The number of aliphatic hydroxyl groups excluding tert-OH is 1. The first-order valence-corrected chi connectivity index (χ1v) is 11.6. The Kier molecular flexibility index (Phi) is 5.17. The lowest BCUT2D eigenvalue weighted by molar-refractivity contribution is -0.138. The molecule has 2 aliphatic heterocycles. The molecule has 0 saturated heterocycles. The number of hydrogen-bond acceptors (Lipinski definition) is 6. The number of fused-ring (bicyclic) bond motifs is 1. The maximum absolute atomic E-state index is 14.6. The number of anilines is 2. The summed E-state index contributed by atoms with van der Waals surface area (Å²) in [4.78, 5) is 57.7. The van der Waals surface area contributed by atoms with Crippen molar-refractivity contribution in [3.05, 3.63) is 82.8 Å². The summed E-state index contributed by atoms with van der Waals surface area (Å²) in [6.45, 7) is 5.73. The van der Waals surface area contributed by atoms with Gasteiger partial charge in [0.15, 0.2) is 17.1 Å². The van der Waals surface area contributed by atoms with Crippen LogP contribution in [-0.4, -0.2) is 41.3 Å². The van der Waals surface area contributed by atoms with E-state index >= 15 is 0 Å². The second kappa shape index (κ2) is 7.91. The summed E-state index contributed by atoms with van der Waals surface area (Å²) >= 11 is 0. The van der Waals surface area contributed by atoms with Crippen LogP contribution in [0.2, 0.25) is 0 Å². The van der Waals surface area contributed by atoms with Gasteiger partial charge in [-0.3, -0.25) is 24.2 Å². The van der Waals surface area contributed by atoms with Crippen LogP contribution in [0.25, 0.3) is 0 Å². The largest absolute Gasteiger partial charge is 0.503 e. The fourth-order valence-corrected chi connectivity index (χ4v) is 5.57. The Balaban J connectivity index is 1.89. The average molecular weight is 487 g/mol. The average Bonchev–Trinajstić information content (AvgIpc) is 3.21. The minimum atomic E-state index is -2.19. The topological polar surface area (TPSA) is 104 Å². The monoisotopic (exact) mass is 486 g/mol. The standard InChI is InChI=1S/C28H26N2O6/c1-16-10-12-18(13-11-16)30-24(33)23(32)22(25(34)36-4)28(30)21-19(14-27(2,3)15-20(21)31)29(26(28)35)17-8-6-5-7-9-17/h5-13,32H,14-15H2,1-4H3. The van der Waals surface area contributed by atoms with Gasteiger partial charge >= 0.3 is 5.97 Å². The van der Waals surface area contributed by atoms with Gasteiger partial charge in [-0.1, -0.05) is 49.7 Å². The molecular formula is C28H26N2O6. The first kappa shape index (κ1) is 23.5. The van der Waals surface area contributed by atoms with E-state index in [0.717, 1.165) is 17.6 Å². The highest BCUT2D eigenvalue weighted by Gasteiger charge is 2.70. The second-order valence-electron chi connectivity index (χ2n) is 10.1. The van der Waals surface area contributed by atoms with Crippen LogP contribution in [0.5, 0.6) is 0 Å². The van der Waals surface area contributed by atoms with Gasteiger partial charge in [0.25, 0.3) is 11.8 Å². The van der Waals surface area contributed by atoms with Crippen LogP contribution in [0, 0.1) is 12.3 Å². The molecule has 36 heavy (non-hydrogen) atoms.